The number of urea groups is 1. The number of halogens is 2. The van der Waals surface area contributed by atoms with Gasteiger partial charge in [0.1, 0.15) is 5.82 Å². The standard InChI is InChI=1S/C13H17BrClN5O/c14-10-7-17-12(15)18-11(10)16-4-2-5-19-8-9-3-1-6-20(9)13(19)21/h7,9H,1-6,8H2,(H,16,17,18)/t9-/m0/s1. The van der Waals surface area contributed by atoms with Crippen LogP contribution < -0.4 is 5.32 Å². The molecule has 3 heterocycles. The van der Waals surface area contributed by atoms with Crippen LogP contribution in [0.2, 0.25) is 5.28 Å². The Labute approximate surface area is 137 Å². The van der Waals surface area contributed by atoms with Crippen LogP contribution in [-0.4, -0.2) is 58.0 Å². The third-order valence-corrected chi connectivity index (χ3v) is 4.70. The fraction of sp³-hybridized carbons (Fsp3) is 0.615. The van der Waals surface area contributed by atoms with E-state index >= 15 is 0 Å². The molecule has 0 unspecified atom stereocenters. The summed E-state index contributed by atoms with van der Waals surface area (Å²) in [5, 5.41) is 3.43. The molecule has 1 atom stereocenters. The second kappa shape index (κ2) is 6.36. The molecule has 0 bridgehead atoms. The van der Waals surface area contributed by atoms with Crippen LogP contribution >= 0.6 is 27.5 Å². The summed E-state index contributed by atoms with van der Waals surface area (Å²) < 4.78 is 0.782. The second-order valence-electron chi connectivity index (χ2n) is 5.33. The molecule has 0 aromatic carbocycles. The molecule has 2 saturated heterocycles. The van der Waals surface area contributed by atoms with E-state index in [0.717, 1.165) is 49.9 Å². The molecule has 3 rings (SSSR count). The van der Waals surface area contributed by atoms with Gasteiger partial charge in [0.15, 0.2) is 0 Å². The molecule has 0 saturated carbocycles. The van der Waals surface area contributed by atoms with Gasteiger partial charge in [0.05, 0.1) is 10.5 Å². The highest BCUT2D eigenvalue weighted by atomic mass is 79.9. The molecule has 1 aromatic heterocycles. The first kappa shape index (κ1) is 14.8. The van der Waals surface area contributed by atoms with Crippen molar-refractivity contribution < 1.29 is 4.79 Å². The van der Waals surface area contributed by atoms with Crippen LogP contribution in [0.1, 0.15) is 19.3 Å². The molecular weight excluding hydrogens is 358 g/mol. The van der Waals surface area contributed by atoms with Crippen molar-refractivity contribution in [2.75, 3.05) is 31.5 Å². The zero-order valence-electron chi connectivity index (χ0n) is 11.6. The minimum Gasteiger partial charge on any atom is -0.369 e. The minimum absolute atomic E-state index is 0.198. The van der Waals surface area contributed by atoms with Gasteiger partial charge in [0.2, 0.25) is 5.28 Å². The van der Waals surface area contributed by atoms with Crippen LogP contribution in [0, 0.1) is 0 Å². The number of aromatic nitrogens is 2. The molecule has 0 aliphatic carbocycles. The number of rotatable bonds is 5. The number of fused-ring (bicyclic) bond motifs is 1. The SMILES string of the molecule is O=C1N(CCCNc2nc(Cl)ncc2Br)C[C@@H]2CCCN12. The molecular formula is C13H17BrClN5O. The summed E-state index contributed by atoms with van der Waals surface area (Å²) in [5.74, 6) is 0.684. The zero-order chi connectivity index (χ0) is 14.8. The van der Waals surface area contributed by atoms with Crippen LogP contribution in [0.3, 0.4) is 0 Å². The van der Waals surface area contributed by atoms with E-state index in [9.17, 15) is 4.79 Å². The average molecular weight is 375 g/mol. The topological polar surface area (TPSA) is 61.4 Å². The second-order valence-corrected chi connectivity index (χ2v) is 6.53. The van der Waals surface area contributed by atoms with Gasteiger partial charge >= 0.3 is 6.03 Å². The largest absolute Gasteiger partial charge is 0.369 e. The molecule has 114 valence electrons. The summed E-state index contributed by atoms with van der Waals surface area (Å²) in [5.41, 5.74) is 0. The van der Waals surface area contributed by atoms with E-state index in [0.29, 0.717) is 11.9 Å². The van der Waals surface area contributed by atoms with Crippen LogP contribution in [0.25, 0.3) is 0 Å². The number of nitrogens with zero attached hydrogens (tertiary/aromatic N) is 4. The van der Waals surface area contributed by atoms with Crippen molar-refractivity contribution in [3.8, 4) is 0 Å². The van der Waals surface area contributed by atoms with Crippen molar-refractivity contribution in [1.29, 1.82) is 0 Å². The number of hydrogen-bond donors (Lipinski definition) is 1. The summed E-state index contributed by atoms with van der Waals surface area (Å²) in [6, 6.07) is 0.643. The van der Waals surface area contributed by atoms with Gasteiger partial charge < -0.3 is 15.1 Å². The number of nitrogens with one attached hydrogen (secondary N) is 1. The van der Waals surface area contributed by atoms with E-state index < -0.39 is 0 Å². The summed E-state index contributed by atoms with van der Waals surface area (Å²) in [4.78, 5) is 24.1. The molecule has 6 nitrogen and oxygen atoms in total. The van der Waals surface area contributed by atoms with E-state index in [2.05, 4.69) is 31.2 Å². The van der Waals surface area contributed by atoms with Crippen molar-refractivity contribution in [1.82, 2.24) is 19.8 Å². The third-order valence-electron chi connectivity index (χ3n) is 3.94. The molecule has 2 aliphatic rings. The molecule has 2 fully saturated rings. The van der Waals surface area contributed by atoms with Crippen molar-refractivity contribution in [3.63, 3.8) is 0 Å². The van der Waals surface area contributed by atoms with Crippen LogP contribution in [0.15, 0.2) is 10.7 Å². The Morgan fingerprint density at radius 1 is 1.52 bits per heavy atom. The van der Waals surface area contributed by atoms with Crippen molar-refractivity contribution in [2.45, 2.75) is 25.3 Å². The molecule has 0 spiro atoms. The molecule has 2 amide bonds. The Morgan fingerprint density at radius 3 is 3.19 bits per heavy atom. The lowest BCUT2D eigenvalue weighted by Crippen LogP contribution is -2.33. The Kier molecular flexibility index (Phi) is 4.49. The first-order chi connectivity index (χ1) is 10.1. The highest BCUT2D eigenvalue weighted by Gasteiger charge is 2.39. The lowest BCUT2D eigenvalue weighted by atomic mass is 10.2. The monoisotopic (exact) mass is 373 g/mol. The van der Waals surface area contributed by atoms with Crippen molar-refractivity contribution in [3.05, 3.63) is 16.0 Å². The summed E-state index contributed by atoms with van der Waals surface area (Å²) in [7, 11) is 0. The molecule has 21 heavy (non-hydrogen) atoms. The average Bonchev–Trinajstić information content (AvgIpc) is 3.03. The third kappa shape index (κ3) is 3.23. The number of hydrogen-bond acceptors (Lipinski definition) is 4. The highest BCUT2D eigenvalue weighted by Crippen LogP contribution is 2.26. The Hall–Kier alpha value is -1.08. The van der Waals surface area contributed by atoms with Gasteiger partial charge in [-0.1, -0.05) is 0 Å². The van der Waals surface area contributed by atoms with E-state index in [-0.39, 0.29) is 11.3 Å². The first-order valence-corrected chi connectivity index (χ1v) is 8.29. The maximum atomic E-state index is 12.1. The van der Waals surface area contributed by atoms with Gasteiger partial charge in [-0.2, -0.15) is 4.98 Å². The van der Waals surface area contributed by atoms with E-state index in [1.165, 1.54) is 0 Å². The van der Waals surface area contributed by atoms with Crippen LogP contribution in [-0.2, 0) is 0 Å². The summed E-state index contributed by atoms with van der Waals surface area (Å²) in [6.07, 6.45) is 4.79. The Bertz CT molecular complexity index is 543. The Morgan fingerprint density at radius 2 is 2.38 bits per heavy atom. The fourth-order valence-electron chi connectivity index (χ4n) is 2.92. The highest BCUT2D eigenvalue weighted by molar-refractivity contribution is 9.10. The maximum Gasteiger partial charge on any atom is 0.320 e. The van der Waals surface area contributed by atoms with Gasteiger partial charge in [0, 0.05) is 32.4 Å². The molecule has 8 heteroatoms. The predicted molar refractivity (Wildman–Crippen MR) is 84.5 cm³/mol. The fourth-order valence-corrected chi connectivity index (χ4v) is 3.39. The number of carbonyl (C=O) groups excluding carboxylic acids is 1. The lowest BCUT2D eigenvalue weighted by molar-refractivity contribution is 0.193. The molecule has 2 aliphatic heterocycles. The van der Waals surface area contributed by atoms with Crippen LogP contribution in [0.5, 0.6) is 0 Å². The molecule has 1 aromatic rings. The van der Waals surface area contributed by atoms with E-state index in [4.69, 9.17) is 11.6 Å². The maximum absolute atomic E-state index is 12.1. The van der Waals surface area contributed by atoms with Gasteiger partial charge in [-0.15, -0.1) is 0 Å². The number of carbonyl (C=O) groups is 1. The van der Waals surface area contributed by atoms with Crippen molar-refractivity contribution >= 4 is 39.4 Å². The number of amides is 2. The van der Waals surface area contributed by atoms with Crippen molar-refractivity contribution in [2.24, 2.45) is 0 Å². The molecule has 0 radical (unpaired) electrons. The van der Waals surface area contributed by atoms with Gasteiger partial charge in [-0.3, -0.25) is 0 Å². The van der Waals surface area contributed by atoms with Gasteiger partial charge in [-0.25, -0.2) is 9.78 Å². The summed E-state index contributed by atoms with van der Waals surface area (Å²) >= 11 is 9.14. The normalized spacial score (nSPS) is 21.0. The van der Waals surface area contributed by atoms with Crippen LogP contribution in [0.4, 0.5) is 10.6 Å². The predicted octanol–water partition coefficient (Wildman–Crippen LogP) is 2.59. The molecule has 1 N–H and O–H groups in total. The summed E-state index contributed by atoms with van der Waals surface area (Å²) in [6.45, 7) is 3.31. The zero-order valence-corrected chi connectivity index (χ0v) is 13.9. The number of anilines is 1. The smallest absolute Gasteiger partial charge is 0.320 e. The van der Waals surface area contributed by atoms with E-state index in [1.54, 1.807) is 6.20 Å². The van der Waals surface area contributed by atoms with E-state index in [1.807, 2.05) is 9.80 Å². The van der Waals surface area contributed by atoms with Gasteiger partial charge in [0.25, 0.3) is 0 Å². The first-order valence-electron chi connectivity index (χ1n) is 7.12. The Balaban J connectivity index is 1.44. The minimum atomic E-state index is 0.198. The van der Waals surface area contributed by atoms with Gasteiger partial charge in [-0.05, 0) is 46.8 Å². The lowest BCUT2D eigenvalue weighted by Gasteiger charge is -2.17. The quantitative estimate of drug-likeness (QED) is 0.636.